The molecule has 4 nitrogen and oxygen atoms in total. The van der Waals surface area contributed by atoms with Crippen molar-refractivity contribution in [2.24, 2.45) is 4.99 Å². The number of benzene rings is 1. The van der Waals surface area contributed by atoms with Gasteiger partial charge in [-0.15, -0.1) is 0 Å². The summed E-state index contributed by atoms with van der Waals surface area (Å²) in [4.78, 5) is 6.46. The fraction of sp³-hybridized carbons (Fsp3) is 0.267. The molecular formula is C15H16N2O2. The third-order valence-corrected chi connectivity index (χ3v) is 3.24. The number of hydrogen-bond donors (Lipinski definition) is 1. The lowest BCUT2D eigenvalue weighted by molar-refractivity contribution is 0.477. The van der Waals surface area contributed by atoms with Crippen LogP contribution in [0.3, 0.4) is 0 Å². The Kier molecular flexibility index (Phi) is 3.23. The first kappa shape index (κ1) is 11.8. The maximum absolute atomic E-state index is 9.61. The number of phenolic OH excluding ortho intramolecular Hbond substituents is 1. The van der Waals surface area contributed by atoms with Crippen molar-refractivity contribution in [3.63, 3.8) is 0 Å². The molecule has 0 amide bonds. The van der Waals surface area contributed by atoms with E-state index in [0.29, 0.717) is 11.4 Å². The van der Waals surface area contributed by atoms with Gasteiger partial charge in [0.05, 0.1) is 6.21 Å². The molecule has 0 atom stereocenters. The number of hydrogen-bond acceptors (Lipinski definition) is 4. The van der Waals surface area contributed by atoms with Gasteiger partial charge in [-0.2, -0.15) is 0 Å². The largest absolute Gasteiger partial charge is 0.506 e. The number of aromatic hydroxyl groups is 1. The molecule has 0 unspecified atom stereocenters. The molecule has 3 rings (SSSR count). The van der Waals surface area contributed by atoms with Crippen molar-refractivity contribution < 1.29 is 9.52 Å². The Morgan fingerprint density at radius 2 is 1.89 bits per heavy atom. The molecule has 98 valence electrons. The van der Waals surface area contributed by atoms with Gasteiger partial charge in [0, 0.05) is 19.2 Å². The molecule has 1 aromatic heterocycles. The Balaban J connectivity index is 1.75. The number of rotatable bonds is 3. The van der Waals surface area contributed by atoms with Crippen LogP contribution in [0.1, 0.15) is 18.6 Å². The predicted octanol–water partition coefficient (Wildman–Crippen LogP) is 3.34. The second kappa shape index (κ2) is 5.18. The molecule has 2 heterocycles. The quantitative estimate of drug-likeness (QED) is 0.857. The van der Waals surface area contributed by atoms with E-state index >= 15 is 0 Å². The normalized spacial score (nSPS) is 15.5. The van der Waals surface area contributed by atoms with E-state index in [1.807, 2.05) is 18.2 Å². The van der Waals surface area contributed by atoms with Gasteiger partial charge in [-0.3, -0.25) is 0 Å². The van der Waals surface area contributed by atoms with E-state index in [1.54, 1.807) is 24.4 Å². The minimum Gasteiger partial charge on any atom is -0.506 e. The number of furan rings is 1. The zero-order valence-electron chi connectivity index (χ0n) is 10.6. The summed E-state index contributed by atoms with van der Waals surface area (Å²) in [6.45, 7) is 2.12. The first-order chi connectivity index (χ1) is 9.33. The first-order valence-corrected chi connectivity index (χ1v) is 6.50. The van der Waals surface area contributed by atoms with Crippen LogP contribution in [0.25, 0.3) is 0 Å². The van der Waals surface area contributed by atoms with E-state index in [4.69, 9.17) is 4.42 Å². The van der Waals surface area contributed by atoms with Crippen molar-refractivity contribution in [2.75, 3.05) is 18.0 Å². The highest BCUT2D eigenvalue weighted by atomic mass is 16.4. The van der Waals surface area contributed by atoms with Crippen molar-refractivity contribution in [1.82, 2.24) is 0 Å². The van der Waals surface area contributed by atoms with E-state index in [1.165, 1.54) is 12.8 Å². The van der Waals surface area contributed by atoms with Crippen LogP contribution in [0.4, 0.5) is 11.6 Å². The molecule has 0 bridgehead atoms. The zero-order chi connectivity index (χ0) is 13.1. The van der Waals surface area contributed by atoms with Gasteiger partial charge < -0.3 is 14.4 Å². The lowest BCUT2D eigenvalue weighted by Gasteiger charge is -2.12. The Hall–Kier alpha value is -2.23. The summed E-state index contributed by atoms with van der Waals surface area (Å²) in [5.74, 6) is 1.77. The zero-order valence-corrected chi connectivity index (χ0v) is 10.6. The molecule has 0 saturated carbocycles. The predicted molar refractivity (Wildman–Crippen MR) is 75.5 cm³/mol. The molecule has 2 aromatic rings. The second-order valence-electron chi connectivity index (χ2n) is 4.62. The Bertz CT molecular complexity index is 583. The molecule has 19 heavy (non-hydrogen) atoms. The summed E-state index contributed by atoms with van der Waals surface area (Å²) in [7, 11) is 0. The fourth-order valence-electron chi connectivity index (χ4n) is 2.23. The standard InChI is InChI=1S/C15H16N2O2/c18-14-6-2-1-5-13(14)16-11-12-7-8-15(19-12)17-9-3-4-10-17/h1-2,5-8,11,18H,3-4,9-10H2. The van der Waals surface area contributed by atoms with Crippen molar-refractivity contribution in [1.29, 1.82) is 0 Å². The lowest BCUT2D eigenvalue weighted by Crippen LogP contribution is -2.16. The summed E-state index contributed by atoms with van der Waals surface area (Å²) >= 11 is 0. The molecular weight excluding hydrogens is 240 g/mol. The summed E-state index contributed by atoms with van der Waals surface area (Å²) in [6, 6.07) is 10.9. The van der Waals surface area contributed by atoms with Crippen LogP contribution in [-0.2, 0) is 0 Å². The highest BCUT2D eigenvalue weighted by Gasteiger charge is 2.15. The number of para-hydroxylation sites is 2. The number of anilines is 1. The summed E-state index contributed by atoms with van der Waals surface area (Å²) in [6.07, 6.45) is 4.08. The highest BCUT2D eigenvalue weighted by Crippen LogP contribution is 2.26. The van der Waals surface area contributed by atoms with Crippen LogP contribution in [0, 0.1) is 0 Å². The third kappa shape index (κ3) is 2.62. The van der Waals surface area contributed by atoms with Crippen LogP contribution in [0.2, 0.25) is 0 Å². The topological polar surface area (TPSA) is 49.0 Å². The molecule has 1 aromatic carbocycles. The van der Waals surface area contributed by atoms with Crippen molar-refractivity contribution in [3.05, 3.63) is 42.2 Å². The SMILES string of the molecule is Oc1ccccc1N=Cc1ccc(N2CCCC2)o1. The molecule has 0 aliphatic carbocycles. The van der Waals surface area contributed by atoms with E-state index < -0.39 is 0 Å². The molecule has 1 fully saturated rings. The van der Waals surface area contributed by atoms with E-state index in [9.17, 15) is 5.11 Å². The lowest BCUT2D eigenvalue weighted by atomic mass is 10.3. The molecule has 0 radical (unpaired) electrons. The van der Waals surface area contributed by atoms with Crippen molar-refractivity contribution >= 4 is 17.8 Å². The van der Waals surface area contributed by atoms with Gasteiger partial charge in [-0.1, -0.05) is 12.1 Å². The van der Waals surface area contributed by atoms with Crippen LogP contribution < -0.4 is 4.90 Å². The fourth-order valence-corrected chi connectivity index (χ4v) is 2.23. The average molecular weight is 256 g/mol. The van der Waals surface area contributed by atoms with Crippen LogP contribution in [-0.4, -0.2) is 24.4 Å². The van der Waals surface area contributed by atoms with Crippen molar-refractivity contribution in [3.8, 4) is 5.75 Å². The molecule has 1 aliphatic rings. The van der Waals surface area contributed by atoms with Crippen molar-refractivity contribution in [2.45, 2.75) is 12.8 Å². The Labute approximate surface area is 112 Å². The van der Waals surface area contributed by atoms with Gasteiger partial charge in [0.2, 0.25) is 0 Å². The minimum absolute atomic E-state index is 0.171. The van der Waals surface area contributed by atoms with Gasteiger partial charge >= 0.3 is 0 Å². The molecule has 4 heteroatoms. The second-order valence-corrected chi connectivity index (χ2v) is 4.62. The maximum Gasteiger partial charge on any atom is 0.196 e. The van der Waals surface area contributed by atoms with E-state index in [2.05, 4.69) is 9.89 Å². The number of nitrogens with zero attached hydrogens (tertiary/aromatic N) is 2. The van der Waals surface area contributed by atoms with Gasteiger partial charge in [0.15, 0.2) is 5.88 Å². The van der Waals surface area contributed by atoms with Gasteiger partial charge in [-0.05, 0) is 31.0 Å². The van der Waals surface area contributed by atoms with Crippen LogP contribution >= 0.6 is 0 Å². The minimum atomic E-state index is 0.171. The maximum atomic E-state index is 9.61. The monoisotopic (exact) mass is 256 g/mol. The third-order valence-electron chi connectivity index (χ3n) is 3.24. The van der Waals surface area contributed by atoms with Gasteiger partial charge in [0.1, 0.15) is 17.2 Å². The van der Waals surface area contributed by atoms with Crippen LogP contribution in [0.15, 0.2) is 45.8 Å². The van der Waals surface area contributed by atoms with E-state index in [-0.39, 0.29) is 5.75 Å². The summed E-state index contributed by atoms with van der Waals surface area (Å²) in [5.41, 5.74) is 0.543. The molecule has 1 saturated heterocycles. The summed E-state index contributed by atoms with van der Waals surface area (Å²) in [5, 5.41) is 9.61. The molecule has 1 aliphatic heterocycles. The molecule has 0 spiro atoms. The summed E-state index contributed by atoms with van der Waals surface area (Å²) < 4.78 is 5.72. The number of phenols is 1. The van der Waals surface area contributed by atoms with Gasteiger partial charge in [0.25, 0.3) is 0 Å². The first-order valence-electron chi connectivity index (χ1n) is 6.50. The van der Waals surface area contributed by atoms with Gasteiger partial charge in [-0.25, -0.2) is 4.99 Å². The van der Waals surface area contributed by atoms with Crippen LogP contribution in [0.5, 0.6) is 5.75 Å². The Morgan fingerprint density at radius 1 is 1.11 bits per heavy atom. The number of aliphatic imine (C=N–C) groups is 1. The molecule has 1 N–H and O–H groups in total. The van der Waals surface area contributed by atoms with E-state index in [0.717, 1.165) is 19.0 Å². The average Bonchev–Trinajstić information content (AvgIpc) is 3.09. The Morgan fingerprint density at radius 3 is 2.68 bits per heavy atom. The highest BCUT2D eigenvalue weighted by molar-refractivity contribution is 5.80. The smallest absolute Gasteiger partial charge is 0.196 e.